The van der Waals surface area contributed by atoms with Crippen molar-refractivity contribution >= 4 is 11.6 Å². The zero-order valence-corrected chi connectivity index (χ0v) is 12.4. The molecule has 1 aliphatic rings. The number of nitrogens with two attached hydrogens (primary N) is 1. The molecule has 1 aliphatic carbocycles. The van der Waals surface area contributed by atoms with Crippen LogP contribution in [0.3, 0.4) is 0 Å². The Kier molecular flexibility index (Phi) is 4.33. The van der Waals surface area contributed by atoms with Crippen molar-refractivity contribution in [3.63, 3.8) is 0 Å². The fourth-order valence-electron chi connectivity index (χ4n) is 3.02. The fraction of sp³-hybridized carbons (Fsp3) is 0.786. The Morgan fingerprint density at radius 3 is 2.50 bits per heavy atom. The second-order valence-corrected chi connectivity index (χ2v) is 6.22. The maximum atomic E-state index is 6.38. The smallest absolute Gasteiger partial charge is 0.130 e. The van der Waals surface area contributed by atoms with Crippen molar-refractivity contribution in [2.75, 3.05) is 0 Å². The first-order chi connectivity index (χ1) is 8.49. The molecule has 0 spiro atoms. The van der Waals surface area contributed by atoms with E-state index in [1.807, 2.05) is 14.0 Å². The summed E-state index contributed by atoms with van der Waals surface area (Å²) < 4.78 is 1.74. The summed E-state index contributed by atoms with van der Waals surface area (Å²) in [6, 6.07) is 0.220. The van der Waals surface area contributed by atoms with E-state index in [1.54, 1.807) is 4.68 Å². The molecule has 1 atom stereocenters. The summed E-state index contributed by atoms with van der Waals surface area (Å²) in [5, 5.41) is 5.09. The molecule has 1 saturated carbocycles. The van der Waals surface area contributed by atoms with Crippen LogP contribution in [0.5, 0.6) is 0 Å². The van der Waals surface area contributed by atoms with Crippen molar-refractivity contribution in [1.29, 1.82) is 0 Å². The maximum Gasteiger partial charge on any atom is 0.130 e. The summed E-state index contributed by atoms with van der Waals surface area (Å²) in [5.41, 5.74) is 8.52. The van der Waals surface area contributed by atoms with Crippen LogP contribution in [0.2, 0.25) is 5.15 Å². The van der Waals surface area contributed by atoms with E-state index in [0.717, 1.165) is 28.7 Å². The summed E-state index contributed by atoms with van der Waals surface area (Å²) in [6.45, 7) is 4.35. The molecule has 0 saturated heterocycles. The Hall–Kier alpha value is -0.540. The number of aryl methyl sites for hydroxylation is 2. The summed E-state index contributed by atoms with van der Waals surface area (Å²) in [6.07, 6.45) is 6.02. The van der Waals surface area contributed by atoms with Gasteiger partial charge in [0.15, 0.2) is 0 Å². The van der Waals surface area contributed by atoms with E-state index in [0.29, 0.717) is 5.92 Å². The Balaban J connectivity index is 2.00. The quantitative estimate of drug-likeness (QED) is 0.916. The molecule has 1 aromatic heterocycles. The van der Waals surface area contributed by atoms with Gasteiger partial charge in [0.25, 0.3) is 0 Å². The highest BCUT2D eigenvalue weighted by Gasteiger charge is 2.25. The number of rotatable bonds is 3. The Bertz CT molecular complexity index is 405. The molecule has 18 heavy (non-hydrogen) atoms. The molecule has 102 valence electrons. The van der Waals surface area contributed by atoms with Crippen LogP contribution in [0, 0.1) is 18.8 Å². The van der Waals surface area contributed by atoms with Gasteiger partial charge in [-0.05, 0) is 38.0 Å². The van der Waals surface area contributed by atoms with Gasteiger partial charge >= 0.3 is 0 Å². The SMILES string of the molecule is Cc1nn(C)c(Cl)c1CC(N)C1CCC(C)CC1. The lowest BCUT2D eigenvalue weighted by Crippen LogP contribution is -2.34. The highest BCUT2D eigenvalue weighted by Crippen LogP contribution is 2.32. The average Bonchev–Trinajstić information content (AvgIpc) is 2.57. The standard InChI is InChI=1S/C14H24ClN3/c1-9-4-6-11(7-5-9)13(16)8-12-10(2)17-18(3)14(12)15/h9,11,13H,4-8,16H2,1-3H3. The second-order valence-electron chi connectivity index (χ2n) is 5.87. The van der Waals surface area contributed by atoms with E-state index < -0.39 is 0 Å². The molecule has 0 aliphatic heterocycles. The fourth-order valence-corrected chi connectivity index (χ4v) is 3.27. The van der Waals surface area contributed by atoms with Gasteiger partial charge in [-0.1, -0.05) is 31.4 Å². The van der Waals surface area contributed by atoms with Crippen LogP contribution in [0.15, 0.2) is 0 Å². The Morgan fingerprint density at radius 2 is 2.00 bits per heavy atom. The van der Waals surface area contributed by atoms with Gasteiger partial charge in [-0.3, -0.25) is 4.68 Å². The monoisotopic (exact) mass is 269 g/mol. The molecular formula is C14H24ClN3. The van der Waals surface area contributed by atoms with E-state index in [9.17, 15) is 0 Å². The zero-order chi connectivity index (χ0) is 13.3. The molecule has 3 nitrogen and oxygen atoms in total. The highest BCUT2D eigenvalue weighted by atomic mass is 35.5. The molecule has 1 fully saturated rings. The van der Waals surface area contributed by atoms with Crippen LogP contribution in [0.1, 0.15) is 43.9 Å². The Labute approximate surface area is 115 Å². The highest BCUT2D eigenvalue weighted by molar-refractivity contribution is 6.30. The molecule has 1 heterocycles. The molecular weight excluding hydrogens is 246 g/mol. The number of aromatic nitrogens is 2. The number of hydrogen-bond donors (Lipinski definition) is 1. The third-order valence-corrected chi connectivity index (χ3v) is 4.85. The predicted molar refractivity (Wildman–Crippen MR) is 75.8 cm³/mol. The lowest BCUT2D eigenvalue weighted by atomic mass is 9.78. The van der Waals surface area contributed by atoms with Crippen molar-refractivity contribution in [2.45, 2.75) is 52.0 Å². The number of hydrogen-bond acceptors (Lipinski definition) is 2. The minimum atomic E-state index is 0.220. The van der Waals surface area contributed by atoms with E-state index >= 15 is 0 Å². The molecule has 1 aromatic rings. The van der Waals surface area contributed by atoms with Crippen LogP contribution in [0.25, 0.3) is 0 Å². The van der Waals surface area contributed by atoms with Gasteiger partial charge in [-0.15, -0.1) is 0 Å². The van der Waals surface area contributed by atoms with Crippen LogP contribution >= 0.6 is 11.6 Å². The van der Waals surface area contributed by atoms with Gasteiger partial charge in [0.2, 0.25) is 0 Å². The topological polar surface area (TPSA) is 43.8 Å². The summed E-state index contributed by atoms with van der Waals surface area (Å²) in [4.78, 5) is 0. The third-order valence-electron chi connectivity index (χ3n) is 4.38. The summed E-state index contributed by atoms with van der Waals surface area (Å²) >= 11 is 6.27. The minimum absolute atomic E-state index is 0.220. The van der Waals surface area contributed by atoms with Gasteiger partial charge in [0, 0.05) is 18.7 Å². The first kappa shape index (κ1) is 13.9. The first-order valence-corrected chi connectivity index (χ1v) is 7.30. The van der Waals surface area contributed by atoms with E-state index in [1.165, 1.54) is 25.7 Å². The van der Waals surface area contributed by atoms with Crippen molar-refractivity contribution in [1.82, 2.24) is 9.78 Å². The van der Waals surface area contributed by atoms with Crippen molar-refractivity contribution in [2.24, 2.45) is 24.6 Å². The van der Waals surface area contributed by atoms with Crippen molar-refractivity contribution < 1.29 is 0 Å². The molecule has 0 bridgehead atoms. The zero-order valence-electron chi connectivity index (χ0n) is 11.6. The van der Waals surface area contributed by atoms with Gasteiger partial charge in [-0.25, -0.2) is 0 Å². The normalized spacial score (nSPS) is 26.3. The Morgan fingerprint density at radius 1 is 1.39 bits per heavy atom. The van der Waals surface area contributed by atoms with Crippen molar-refractivity contribution in [3.05, 3.63) is 16.4 Å². The first-order valence-electron chi connectivity index (χ1n) is 6.92. The van der Waals surface area contributed by atoms with E-state index in [4.69, 9.17) is 17.3 Å². The van der Waals surface area contributed by atoms with Crippen LogP contribution < -0.4 is 5.73 Å². The third kappa shape index (κ3) is 2.89. The predicted octanol–water partition coefficient (Wildman–Crippen LogP) is 3.08. The van der Waals surface area contributed by atoms with Crippen LogP contribution in [0.4, 0.5) is 0 Å². The molecule has 2 rings (SSSR count). The molecule has 2 N–H and O–H groups in total. The second kappa shape index (κ2) is 5.62. The molecule has 1 unspecified atom stereocenters. The van der Waals surface area contributed by atoms with Crippen molar-refractivity contribution in [3.8, 4) is 0 Å². The molecule has 0 aromatic carbocycles. The lowest BCUT2D eigenvalue weighted by Gasteiger charge is -2.30. The average molecular weight is 270 g/mol. The lowest BCUT2D eigenvalue weighted by molar-refractivity contribution is 0.253. The maximum absolute atomic E-state index is 6.38. The summed E-state index contributed by atoms with van der Waals surface area (Å²) in [7, 11) is 1.88. The summed E-state index contributed by atoms with van der Waals surface area (Å²) in [5.74, 6) is 1.52. The number of halogens is 1. The van der Waals surface area contributed by atoms with E-state index in [-0.39, 0.29) is 6.04 Å². The van der Waals surface area contributed by atoms with Gasteiger partial charge in [0.1, 0.15) is 5.15 Å². The molecule has 0 amide bonds. The van der Waals surface area contributed by atoms with Gasteiger partial charge in [-0.2, -0.15) is 5.10 Å². The molecule has 0 radical (unpaired) electrons. The van der Waals surface area contributed by atoms with Crippen LogP contribution in [-0.2, 0) is 13.5 Å². The van der Waals surface area contributed by atoms with Gasteiger partial charge in [0.05, 0.1) is 5.69 Å². The molecule has 4 heteroatoms. The number of nitrogens with zero attached hydrogens (tertiary/aromatic N) is 2. The minimum Gasteiger partial charge on any atom is -0.327 e. The van der Waals surface area contributed by atoms with Gasteiger partial charge < -0.3 is 5.73 Å². The van der Waals surface area contributed by atoms with E-state index in [2.05, 4.69) is 12.0 Å². The van der Waals surface area contributed by atoms with Crippen LogP contribution in [-0.4, -0.2) is 15.8 Å². The largest absolute Gasteiger partial charge is 0.327 e.